The maximum Gasteiger partial charge on any atom is 0.307 e. The maximum atomic E-state index is 11.3. The highest BCUT2D eigenvalue weighted by Crippen LogP contribution is 2.20. The zero-order chi connectivity index (χ0) is 12.0. The van der Waals surface area contributed by atoms with E-state index in [2.05, 4.69) is 11.8 Å². The first kappa shape index (κ1) is 13.5. The highest BCUT2D eigenvalue weighted by atomic mass is 16.5. The number of carbonyl (C=O) groups is 1. The van der Waals surface area contributed by atoms with Crippen LogP contribution in [0.15, 0.2) is 0 Å². The molecule has 0 N–H and O–H groups in total. The normalized spacial score (nSPS) is 24.1. The largest absolute Gasteiger partial charge is 0.469 e. The molecule has 1 aliphatic rings. The first-order valence-electron chi connectivity index (χ1n) is 6.01. The summed E-state index contributed by atoms with van der Waals surface area (Å²) >= 11 is 0. The minimum Gasteiger partial charge on any atom is -0.469 e. The van der Waals surface area contributed by atoms with E-state index >= 15 is 0 Å². The number of methoxy groups -OCH3 is 2. The van der Waals surface area contributed by atoms with E-state index in [1.165, 1.54) is 20.0 Å². The van der Waals surface area contributed by atoms with E-state index in [1.54, 1.807) is 7.11 Å². The van der Waals surface area contributed by atoms with Crippen LogP contribution in [0.3, 0.4) is 0 Å². The van der Waals surface area contributed by atoms with E-state index in [-0.39, 0.29) is 12.1 Å². The molecule has 4 heteroatoms. The smallest absolute Gasteiger partial charge is 0.307 e. The zero-order valence-electron chi connectivity index (χ0n) is 10.6. The lowest BCUT2D eigenvalue weighted by Crippen LogP contribution is -2.44. The van der Waals surface area contributed by atoms with Crippen LogP contribution in [0, 0.1) is 0 Å². The summed E-state index contributed by atoms with van der Waals surface area (Å²) in [6.07, 6.45) is 4.24. The Morgan fingerprint density at radius 1 is 1.44 bits per heavy atom. The van der Waals surface area contributed by atoms with Crippen LogP contribution < -0.4 is 0 Å². The summed E-state index contributed by atoms with van der Waals surface area (Å²) in [7, 11) is 3.18. The van der Waals surface area contributed by atoms with E-state index in [4.69, 9.17) is 9.47 Å². The van der Waals surface area contributed by atoms with Crippen LogP contribution in [0.2, 0.25) is 0 Å². The van der Waals surface area contributed by atoms with Crippen molar-refractivity contribution in [2.24, 2.45) is 0 Å². The Labute approximate surface area is 97.9 Å². The Kier molecular flexibility index (Phi) is 5.77. The monoisotopic (exact) mass is 229 g/mol. The average Bonchev–Trinajstić information content (AvgIpc) is 2.31. The third-order valence-corrected chi connectivity index (χ3v) is 3.27. The molecule has 1 saturated heterocycles. The van der Waals surface area contributed by atoms with Gasteiger partial charge >= 0.3 is 5.97 Å². The number of rotatable bonds is 5. The number of carbonyl (C=O) groups excluding carboxylic acids is 1. The van der Waals surface area contributed by atoms with Gasteiger partial charge in [0.15, 0.2) is 0 Å². The van der Waals surface area contributed by atoms with Crippen molar-refractivity contribution < 1.29 is 14.3 Å². The van der Waals surface area contributed by atoms with Crippen molar-refractivity contribution in [1.82, 2.24) is 4.90 Å². The maximum absolute atomic E-state index is 11.3. The van der Waals surface area contributed by atoms with Crippen LogP contribution in [-0.4, -0.2) is 50.3 Å². The van der Waals surface area contributed by atoms with Crippen molar-refractivity contribution in [2.45, 2.75) is 44.8 Å². The molecule has 0 aromatic rings. The van der Waals surface area contributed by atoms with Gasteiger partial charge in [0.1, 0.15) is 0 Å². The van der Waals surface area contributed by atoms with E-state index in [0.29, 0.717) is 12.5 Å². The second-order valence-electron chi connectivity index (χ2n) is 4.47. The van der Waals surface area contributed by atoms with E-state index < -0.39 is 0 Å². The molecule has 1 fully saturated rings. The molecule has 94 valence electrons. The first-order valence-corrected chi connectivity index (χ1v) is 6.01. The second-order valence-corrected chi connectivity index (χ2v) is 4.47. The fourth-order valence-electron chi connectivity index (χ4n) is 2.21. The number of ether oxygens (including phenoxy) is 2. The summed E-state index contributed by atoms with van der Waals surface area (Å²) in [5, 5.41) is 0. The number of piperidine rings is 1. The summed E-state index contributed by atoms with van der Waals surface area (Å²) in [4.78, 5) is 13.7. The van der Waals surface area contributed by atoms with Crippen LogP contribution in [0.25, 0.3) is 0 Å². The quantitative estimate of drug-likeness (QED) is 0.669. The van der Waals surface area contributed by atoms with Gasteiger partial charge in [-0.15, -0.1) is 0 Å². The summed E-state index contributed by atoms with van der Waals surface area (Å²) in [5.74, 6) is -0.109. The van der Waals surface area contributed by atoms with Crippen molar-refractivity contribution in [1.29, 1.82) is 0 Å². The van der Waals surface area contributed by atoms with Gasteiger partial charge in [-0.1, -0.05) is 6.42 Å². The third-order valence-electron chi connectivity index (χ3n) is 3.27. The van der Waals surface area contributed by atoms with Crippen molar-refractivity contribution in [2.75, 3.05) is 27.3 Å². The van der Waals surface area contributed by atoms with Gasteiger partial charge in [-0.3, -0.25) is 9.69 Å². The molecule has 1 rings (SSSR count). The van der Waals surface area contributed by atoms with Crippen molar-refractivity contribution in [3.05, 3.63) is 0 Å². The summed E-state index contributed by atoms with van der Waals surface area (Å²) in [6.45, 7) is 4.03. The Morgan fingerprint density at radius 2 is 2.19 bits per heavy atom. The molecule has 0 bridgehead atoms. The fraction of sp³-hybridized carbons (Fsp3) is 0.917. The average molecular weight is 229 g/mol. The third kappa shape index (κ3) is 4.10. The molecule has 0 aliphatic carbocycles. The molecule has 2 unspecified atom stereocenters. The van der Waals surface area contributed by atoms with Gasteiger partial charge in [-0.25, -0.2) is 0 Å². The molecule has 0 spiro atoms. The summed E-state index contributed by atoms with van der Waals surface area (Å²) < 4.78 is 10.0. The molecule has 16 heavy (non-hydrogen) atoms. The molecule has 0 aromatic carbocycles. The lowest BCUT2D eigenvalue weighted by atomic mass is 9.99. The molecule has 4 nitrogen and oxygen atoms in total. The lowest BCUT2D eigenvalue weighted by Gasteiger charge is -2.36. The summed E-state index contributed by atoms with van der Waals surface area (Å²) in [6, 6.07) is 0.332. The van der Waals surface area contributed by atoms with Gasteiger partial charge in [0.05, 0.1) is 19.6 Å². The number of hydrogen-bond donors (Lipinski definition) is 0. The second kappa shape index (κ2) is 6.86. The molecule has 1 aliphatic heterocycles. The molecule has 0 amide bonds. The first-order chi connectivity index (χ1) is 7.67. The summed E-state index contributed by atoms with van der Waals surface area (Å²) in [5.41, 5.74) is 0. The molecule has 2 atom stereocenters. The number of esters is 1. The Hall–Kier alpha value is -0.610. The van der Waals surface area contributed by atoms with Crippen molar-refractivity contribution in [3.63, 3.8) is 0 Å². The Morgan fingerprint density at radius 3 is 2.81 bits per heavy atom. The number of nitrogens with zero attached hydrogens (tertiary/aromatic N) is 1. The van der Waals surface area contributed by atoms with Crippen LogP contribution in [0.1, 0.15) is 32.6 Å². The zero-order valence-corrected chi connectivity index (χ0v) is 10.6. The van der Waals surface area contributed by atoms with Gasteiger partial charge < -0.3 is 9.47 Å². The predicted octanol–water partition coefficient (Wildman–Crippen LogP) is 1.44. The molecular formula is C12H23NO3. The van der Waals surface area contributed by atoms with Crippen molar-refractivity contribution >= 4 is 5.97 Å². The van der Waals surface area contributed by atoms with Gasteiger partial charge in [-0.2, -0.15) is 0 Å². The fourth-order valence-corrected chi connectivity index (χ4v) is 2.21. The van der Waals surface area contributed by atoms with Crippen LogP contribution in [-0.2, 0) is 14.3 Å². The van der Waals surface area contributed by atoms with Crippen LogP contribution in [0.5, 0.6) is 0 Å². The Balaban J connectivity index is 2.46. The van der Waals surface area contributed by atoms with Crippen LogP contribution in [0.4, 0.5) is 0 Å². The van der Waals surface area contributed by atoms with E-state index in [1.807, 2.05) is 0 Å². The topological polar surface area (TPSA) is 38.8 Å². The number of likely N-dealkylation sites (tertiary alicyclic amines) is 1. The molecule has 0 aromatic heterocycles. The standard InChI is InChI=1S/C12H23NO3/c1-10(15-2)9-13-7-5-4-6-11(13)8-12(14)16-3/h10-11H,4-9H2,1-3H3. The van der Waals surface area contributed by atoms with Crippen LogP contribution >= 0.6 is 0 Å². The van der Waals surface area contributed by atoms with E-state index in [0.717, 1.165) is 19.5 Å². The van der Waals surface area contributed by atoms with Crippen molar-refractivity contribution in [3.8, 4) is 0 Å². The van der Waals surface area contributed by atoms with E-state index in [9.17, 15) is 4.79 Å². The van der Waals surface area contributed by atoms with Gasteiger partial charge in [0.2, 0.25) is 0 Å². The van der Waals surface area contributed by atoms with Gasteiger partial charge in [0, 0.05) is 19.7 Å². The van der Waals surface area contributed by atoms with Gasteiger partial charge in [-0.05, 0) is 26.3 Å². The minimum absolute atomic E-state index is 0.109. The molecule has 0 radical (unpaired) electrons. The molecule has 1 heterocycles. The predicted molar refractivity (Wildman–Crippen MR) is 62.3 cm³/mol. The highest BCUT2D eigenvalue weighted by molar-refractivity contribution is 5.69. The molecule has 0 saturated carbocycles. The Bertz CT molecular complexity index is 220. The lowest BCUT2D eigenvalue weighted by molar-refractivity contribution is -0.142. The highest BCUT2D eigenvalue weighted by Gasteiger charge is 2.25. The van der Waals surface area contributed by atoms with Gasteiger partial charge in [0.25, 0.3) is 0 Å². The SMILES string of the molecule is COC(=O)CC1CCCCN1CC(C)OC. The minimum atomic E-state index is -0.109. The number of hydrogen-bond acceptors (Lipinski definition) is 4. The molecular weight excluding hydrogens is 206 g/mol.